The van der Waals surface area contributed by atoms with Crippen molar-refractivity contribution in [1.29, 1.82) is 0 Å². The van der Waals surface area contributed by atoms with Crippen LogP contribution in [0.25, 0.3) is 11.3 Å². The Hall–Kier alpha value is -2.19. The van der Waals surface area contributed by atoms with Crippen molar-refractivity contribution in [3.8, 4) is 11.3 Å². The number of benzene rings is 1. The van der Waals surface area contributed by atoms with Crippen molar-refractivity contribution >= 4 is 38.3 Å². The minimum Gasteiger partial charge on any atom is -0.345 e. The molecule has 0 bridgehead atoms. The van der Waals surface area contributed by atoms with Crippen LogP contribution >= 0.6 is 27.3 Å². The van der Waals surface area contributed by atoms with Crippen molar-refractivity contribution in [1.82, 2.24) is 20.1 Å². The number of rotatable bonds is 3. The average Bonchev–Trinajstić information content (AvgIpc) is 3.34. The van der Waals surface area contributed by atoms with Crippen molar-refractivity contribution in [2.45, 2.75) is 0 Å². The number of piperazine rings is 1. The molecule has 0 radical (unpaired) electrons. The zero-order valence-electron chi connectivity index (χ0n) is 13.4. The molecule has 3 heterocycles. The summed E-state index contributed by atoms with van der Waals surface area (Å²) in [5, 5.41) is 10.2. The maximum Gasteiger partial charge on any atom is 0.272 e. The van der Waals surface area contributed by atoms with Gasteiger partial charge in [-0.25, -0.2) is 4.98 Å². The van der Waals surface area contributed by atoms with Gasteiger partial charge < -0.3 is 9.80 Å². The predicted octanol–water partition coefficient (Wildman–Crippen LogP) is 3.26. The number of anilines is 1. The van der Waals surface area contributed by atoms with Crippen molar-refractivity contribution < 1.29 is 4.79 Å². The molecule has 1 saturated heterocycles. The van der Waals surface area contributed by atoms with Gasteiger partial charge in [0.15, 0.2) is 5.13 Å². The Balaban J connectivity index is 1.43. The van der Waals surface area contributed by atoms with Gasteiger partial charge in [-0.2, -0.15) is 5.10 Å². The van der Waals surface area contributed by atoms with Gasteiger partial charge in [0.05, 0.1) is 5.69 Å². The number of aromatic amines is 1. The van der Waals surface area contributed by atoms with Crippen LogP contribution in [0.4, 0.5) is 5.13 Å². The molecule has 4 rings (SSSR count). The summed E-state index contributed by atoms with van der Waals surface area (Å²) in [6.45, 7) is 2.97. The lowest BCUT2D eigenvalue weighted by Crippen LogP contribution is -2.48. The van der Waals surface area contributed by atoms with E-state index in [9.17, 15) is 4.79 Å². The molecule has 0 unspecified atom stereocenters. The second-order valence-electron chi connectivity index (χ2n) is 5.77. The number of nitrogens with one attached hydrogen (secondary N) is 1. The van der Waals surface area contributed by atoms with E-state index in [0.717, 1.165) is 34.0 Å². The number of nitrogens with zero attached hydrogens (tertiary/aromatic N) is 4. The Kier molecular flexibility index (Phi) is 4.54. The first-order valence-corrected chi connectivity index (χ1v) is 9.63. The number of hydrogen-bond donors (Lipinski definition) is 1. The van der Waals surface area contributed by atoms with E-state index in [1.807, 2.05) is 46.8 Å². The summed E-state index contributed by atoms with van der Waals surface area (Å²) in [5.41, 5.74) is 2.28. The molecule has 0 saturated carbocycles. The van der Waals surface area contributed by atoms with Gasteiger partial charge in [0, 0.05) is 47.8 Å². The fraction of sp³-hybridized carbons (Fsp3) is 0.235. The largest absolute Gasteiger partial charge is 0.345 e. The number of aromatic nitrogens is 3. The van der Waals surface area contributed by atoms with Crippen molar-refractivity contribution in [3.05, 3.63) is 52.1 Å². The minimum atomic E-state index is -0.00495. The fourth-order valence-corrected chi connectivity index (χ4v) is 3.80. The molecule has 8 heteroatoms. The van der Waals surface area contributed by atoms with Gasteiger partial charge in [-0.15, -0.1) is 11.3 Å². The quantitative estimate of drug-likeness (QED) is 0.709. The van der Waals surface area contributed by atoms with E-state index in [0.29, 0.717) is 18.8 Å². The van der Waals surface area contributed by atoms with E-state index in [-0.39, 0.29) is 5.91 Å². The van der Waals surface area contributed by atoms with E-state index in [2.05, 4.69) is 36.0 Å². The maximum atomic E-state index is 12.7. The number of H-pyrrole nitrogens is 1. The van der Waals surface area contributed by atoms with Crippen LogP contribution in [-0.4, -0.2) is 52.2 Å². The third-order valence-electron chi connectivity index (χ3n) is 4.20. The van der Waals surface area contributed by atoms with Gasteiger partial charge >= 0.3 is 0 Å². The molecular weight excluding hydrogens is 402 g/mol. The highest BCUT2D eigenvalue weighted by Gasteiger charge is 2.24. The Morgan fingerprint density at radius 1 is 1.16 bits per heavy atom. The maximum absolute atomic E-state index is 12.7. The number of carbonyl (C=O) groups excluding carboxylic acids is 1. The van der Waals surface area contributed by atoms with E-state index < -0.39 is 0 Å². The summed E-state index contributed by atoms with van der Waals surface area (Å²) in [6.07, 6.45) is 1.81. The average molecular weight is 418 g/mol. The number of halogens is 1. The van der Waals surface area contributed by atoms with Crippen LogP contribution in [0.15, 0.2) is 46.4 Å². The van der Waals surface area contributed by atoms with Crippen molar-refractivity contribution in [2.75, 3.05) is 31.1 Å². The third-order valence-corrected chi connectivity index (χ3v) is 5.57. The highest BCUT2D eigenvalue weighted by Crippen LogP contribution is 2.22. The molecular formula is C17H16BrN5OS. The Labute approximate surface area is 157 Å². The second kappa shape index (κ2) is 6.97. The van der Waals surface area contributed by atoms with Crippen molar-refractivity contribution in [3.63, 3.8) is 0 Å². The first kappa shape index (κ1) is 16.3. The zero-order chi connectivity index (χ0) is 17.2. The molecule has 1 aliphatic rings. The Morgan fingerprint density at radius 3 is 2.60 bits per heavy atom. The first-order valence-electron chi connectivity index (χ1n) is 7.96. The second-order valence-corrected chi connectivity index (χ2v) is 7.56. The van der Waals surface area contributed by atoms with E-state index >= 15 is 0 Å². The monoisotopic (exact) mass is 417 g/mol. The summed E-state index contributed by atoms with van der Waals surface area (Å²) in [7, 11) is 0. The number of thiazole rings is 1. The fourth-order valence-electron chi connectivity index (χ4n) is 2.84. The number of carbonyl (C=O) groups is 1. The molecule has 3 aromatic rings. The molecule has 2 aromatic heterocycles. The zero-order valence-corrected chi connectivity index (χ0v) is 15.8. The smallest absolute Gasteiger partial charge is 0.272 e. The Bertz CT molecular complexity index is 854. The molecule has 1 aliphatic heterocycles. The highest BCUT2D eigenvalue weighted by atomic mass is 79.9. The van der Waals surface area contributed by atoms with E-state index in [1.165, 1.54) is 0 Å². The summed E-state index contributed by atoms with van der Waals surface area (Å²) < 4.78 is 1.01. The molecule has 0 spiro atoms. The van der Waals surface area contributed by atoms with Crippen molar-refractivity contribution in [2.24, 2.45) is 0 Å². The molecule has 1 fully saturated rings. The van der Waals surface area contributed by atoms with Crippen LogP contribution in [0.5, 0.6) is 0 Å². The van der Waals surface area contributed by atoms with Crippen LogP contribution in [-0.2, 0) is 0 Å². The standard InChI is InChI=1S/C17H16BrN5OS/c18-13-3-1-12(2-4-13)14-11-15(21-20-14)16(24)22-6-8-23(9-7-22)17-19-5-10-25-17/h1-5,10-11H,6-9H2,(H,20,21). The summed E-state index contributed by atoms with van der Waals surface area (Å²) in [5.74, 6) is -0.00495. The minimum absolute atomic E-state index is 0.00495. The van der Waals surface area contributed by atoms with Crippen LogP contribution in [0.2, 0.25) is 0 Å². The molecule has 0 aliphatic carbocycles. The molecule has 25 heavy (non-hydrogen) atoms. The third kappa shape index (κ3) is 3.45. The SMILES string of the molecule is O=C(c1cc(-c2ccc(Br)cc2)n[nH]1)N1CCN(c2nccs2)CC1. The number of hydrogen-bond acceptors (Lipinski definition) is 5. The topological polar surface area (TPSA) is 65.1 Å². The van der Waals surface area contributed by atoms with Gasteiger partial charge in [-0.05, 0) is 18.2 Å². The summed E-state index contributed by atoms with van der Waals surface area (Å²) in [4.78, 5) is 21.1. The first-order chi connectivity index (χ1) is 12.2. The van der Waals surface area contributed by atoms with Crippen LogP contribution in [0, 0.1) is 0 Å². The van der Waals surface area contributed by atoms with Gasteiger partial charge in [0.1, 0.15) is 5.69 Å². The number of amides is 1. The lowest BCUT2D eigenvalue weighted by molar-refractivity contribution is 0.0741. The van der Waals surface area contributed by atoms with E-state index in [4.69, 9.17) is 0 Å². The summed E-state index contributed by atoms with van der Waals surface area (Å²) in [6, 6.07) is 9.69. The summed E-state index contributed by atoms with van der Waals surface area (Å²) >= 11 is 5.05. The molecule has 1 aromatic carbocycles. The Morgan fingerprint density at radius 2 is 1.92 bits per heavy atom. The highest BCUT2D eigenvalue weighted by molar-refractivity contribution is 9.10. The van der Waals surface area contributed by atoms with Gasteiger partial charge in [0.2, 0.25) is 0 Å². The molecule has 128 valence electrons. The normalized spacial score (nSPS) is 14.8. The van der Waals surface area contributed by atoms with Crippen LogP contribution in [0.3, 0.4) is 0 Å². The molecule has 1 amide bonds. The predicted molar refractivity (Wildman–Crippen MR) is 102 cm³/mol. The molecule has 1 N–H and O–H groups in total. The van der Waals surface area contributed by atoms with Gasteiger partial charge in [0.25, 0.3) is 5.91 Å². The van der Waals surface area contributed by atoms with Gasteiger partial charge in [-0.3, -0.25) is 9.89 Å². The van der Waals surface area contributed by atoms with Gasteiger partial charge in [-0.1, -0.05) is 28.1 Å². The van der Waals surface area contributed by atoms with Crippen LogP contribution in [0.1, 0.15) is 10.5 Å². The molecule has 6 nitrogen and oxygen atoms in total. The lowest BCUT2D eigenvalue weighted by Gasteiger charge is -2.34. The van der Waals surface area contributed by atoms with Crippen LogP contribution < -0.4 is 4.90 Å². The van der Waals surface area contributed by atoms with E-state index in [1.54, 1.807) is 11.3 Å². The lowest BCUT2D eigenvalue weighted by atomic mass is 10.1. The molecule has 0 atom stereocenters.